The highest BCUT2D eigenvalue weighted by molar-refractivity contribution is 5.23. The largest absolute Gasteiger partial charge is 0.382 e. The van der Waals surface area contributed by atoms with E-state index >= 15 is 0 Å². The molecule has 0 aliphatic carbocycles. The molecule has 1 aliphatic heterocycles. The number of likely N-dealkylation sites (N-methyl/N-ethyl adjacent to an activating group) is 2. The molecule has 118 valence electrons. The van der Waals surface area contributed by atoms with Gasteiger partial charge in [-0.1, -0.05) is 37.3 Å². The van der Waals surface area contributed by atoms with E-state index in [1.807, 2.05) is 30.3 Å². The summed E-state index contributed by atoms with van der Waals surface area (Å²) in [5, 5.41) is 10.9. The van der Waals surface area contributed by atoms with Crippen LogP contribution in [0.2, 0.25) is 0 Å². The van der Waals surface area contributed by atoms with Crippen LogP contribution >= 0.6 is 0 Å². The summed E-state index contributed by atoms with van der Waals surface area (Å²) in [7, 11) is 2.08. The van der Waals surface area contributed by atoms with E-state index in [0.29, 0.717) is 12.6 Å². The van der Waals surface area contributed by atoms with Gasteiger partial charge in [-0.2, -0.15) is 0 Å². The molecule has 2 atom stereocenters. The Kier molecular flexibility index (Phi) is 5.76. The Labute approximate surface area is 128 Å². The van der Waals surface area contributed by atoms with Gasteiger partial charge in [0.2, 0.25) is 0 Å². The normalized spacial score (nSPS) is 22.6. The zero-order valence-electron chi connectivity index (χ0n) is 13.3. The van der Waals surface area contributed by atoms with E-state index in [-0.39, 0.29) is 6.54 Å². The zero-order chi connectivity index (χ0) is 15.3. The van der Waals surface area contributed by atoms with E-state index in [9.17, 15) is 5.11 Å². The minimum absolute atomic E-state index is 0.240. The van der Waals surface area contributed by atoms with E-state index in [1.54, 1.807) is 0 Å². The van der Waals surface area contributed by atoms with Crippen LogP contribution in [-0.4, -0.2) is 60.7 Å². The molecule has 1 aliphatic rings. The highest BCUT2D eigenvalue weighted by atomic mass is 16.3. The molecule has 4 heteroatoms. The third-order valence-corrected chi connectivity index (χ3v) is 4.61. The highest BCUT2D eigenvalue weighted by Gasteiger charge is 2.31. The SMILES string of the molecule is CCN1CCCC1CN(C)CC(O)(CN)c1ccccc1. The molecule has 0 radical (unpaired) electrons. The summed E-state index contributed by atoms with van der Waals surface area (Å²) in [5.41, 5.74) is 5.80. The fourth-order valence-corrected chi connectivity index (χ4v) is 3.41. The van der Waals surface area contributed by atoms with Crippen molar-refractivity contribution in [1.82, 2.24) is 9.80 Å². The average Bonchev–Trinajstić information content (AvgIpc) is 2.95. The molecule has 0 bridgehead atoms. The Morgan fingerprint density at radius 3 is 2.71 bits per heavy atom. The van der Waals surface area contributed by atoms with Crippen LogP contribution in [0.1, 0.15) is 25.3 Å². The molecule has 1 fully saturated rings. The predicted molar refractivity (Wildman–Crippen MR) is 87.2 cm³/mol. The highest BCUT2D eigenvalue weighted by Crippen LogP contribution is 2.22. The van der Waals surface area contributed by atoms with Crippen molar-refractivity contribution in [3.8, 4) is 0 Å². The van der Waals surface area contributed by atoms with Gasteiger partial charge >= 0.3 is 0 Å². The summed E-state index contributed by atoms with van der Waals surface area (Å²) in [5.74, 6) is 0. The van der Waals surface area contributed by atoms with Crippen LogP contribution in [0, 0.1) is 0 Å². The Hall–Kier alpha value is -0.940. The van der Waals surface area contributed by atoms with Crippen LogP contribution in [-0.2, 0) is 5.60 Å². The molecule has 0 amide bonds. The summed E-state index contributed by atoms with van der Waals surface area (Å²) in [4.78, 5) is 4.75. The minimum Gasteiger partial charge on any atom is -0.382 e. The molecule has 2 rings (SSSR count). The van der Waals surface area contributed by atoms with Crippen molar-refractivity contribution in [3.05, 3.63) is 35.9 Å². The lowest BCUT2D eigenvalue weighted by molar-refractivity contribution is 0.00879. The standard InChI is InChI=1S/C17H29N3O/c1-3-20-11-7-10-16(20)12-19(2)14-17(21,13-18)15-8-5-4-6-9-15/h4-6,8-9,16,21H,3,7,10-14,18H2,1-2H3. The molecule has 2 unspecified atom stereocenters. The molecule has 4 nitrogen and oxygen atoms in total. The maximum absolute atomic E-state index is 10.9. The Morgan fingerprint density at radius 1 is 1.38 bits per heavy atom. The first-order chi connectivity index (χ1) is 10.1. The van der Waals surface area contributed by atoms with Crippen LogP contribution < -0.4 is 5.73 Å². The van der Waals surface area contributed by atoms with Crippen molar-refractivity contribution < 1.29 is 5.11 Å². The minimum atomic E-state index is -0.967. The maximum atomic E-state index is 10.9. The number of nitrogens with two attached hydrogens (primary N) is 1. The van der Waals surface area contributed by atoms with E-state index in [0.717, 1.165) is 18.7 Å². The molecule has 1 heterocycles. The monoisotopic (exact) mass is 291 g/mol. The van der Waals surface area contributed by atoms with Gasteiger partial charge in [0, 0.05) is 25.7 Å². The lowest BCUT2D eigenvalue weighted by Gasteiger charge is -2.34. The van der Waals surface area contributed by atoms with Gasteiger partial charge in [0.25, 0.3) is 0 Å². The third-order valence-electron chi connectivity index (χ3n) is 4.61. The van der Waals surface area contributed by atoms with Gasteiger partial charge < -0.3 is 15.7 Å². The van der Waals surface area contributed by atoms with Gasteiger partial charge in [-0.15, -0.1) is 0 Å². The first-order valence-electron chi connectivity index (χ1n) is 7.99. The molecule has 1 aromatic rings. The van der Waals surface area contributed by atoms with Gasteiger partial charge in [-0.25, -0.2) is 0 Å². The van der Waals surface area contributed by atoms with Gasteiger partial charge in [-0.3, -0.25) is 4.90 Å². The van der Waals surface area contributed by atoms with Crippen LogP contribution in [0.15, 0.2) is 30.3 Å². The summed E-state index contributed by atoms with van der Waals surface area (Å²) in [6.07, 6.45) is 2.54. The molecule has 3 N–H and O–H groups in total. The van der Waals surface area contributed by atoms with Crippen molar-refractivity contribution in [2.75, 3.05) is 39.8 Å². The van der Waals surface area contributed by atoms with Gasteiger partial charge in [0.05, 0.1) is 0 Å². The van der Waals surface area contributed by atoms with Crippen molar-refractivity contribution in [1.29, 1.82) is 0 Å². The number of benzene rings is 1. The number of nitrogens with zero attached hydrogens (tertiary/aromatic N) is 2. The van der Waals surface area contributed by atoms with E-state index in [2.05, 4.69) is 23.8 Å². The van der Waals surface area contributed by atoms with Crippen molar-refractivity contribution >= 4 is 0 Å². The van der Waals surface area contributed by atoms with Crippen LogP contribution in [0.25, 0.3) is 0 Å². The van der Waals surface area contributed by atoms with Crippen molar-refractivity contribution in [2.45, 2.75) is 31.4 Å². The number of hydrogen-bond acceptors (Lipinski definition) is 4. The van der Waals surface area contributed by atoms with Crippen LogP contribution in [0.5, 0.6) is 0 Å². The lowest BCUT2D eigenvalue weighted by atomic mass is 9.93. The maximum Gasteiger partial charge on any atom is 0.114 e. The second kappa shape index (κ2) is 7.36. The van der Waals surface area contributed by atoms with Gasteiger partial charge in [-0.05, 0) is 38.5 Å². The summed E-state index contributed by atoms with van der Waals surface area (Å²) >= 11 is 0. The lowest BCUT2D eigenvalue weighted by Crippen LogP contribution is -2.48. The van der Waals surface area contributed by atoms with Gasteiger partial charge in [0.1, 0.15) is 5.60 Å². The third kappa shape index (κ3) is 4.04. The first kappa shape index (κ1) is 16.4. The second-order valence-corrected chi connectivity index (χ2v) is 6.22. The Balaban J connectivity index is 1.98. The second-order valence-electron chi connectivity index (χ2n) is 6.22. The van der Waals surface area contributed by atoms with E-state index < -0.39 is 5.60 Å². The molecule has 0 aromatic heterocycles. The van der Waals surface area contributed by atoms with E-state index in [4.69, 9.17) is 5.73 Å². The van der Waals surface area contributed by atoms with Crippen molar-refractivity contribution in [2.24, 2.45) is 5.73 Å². The summed E-state index contributed by atoms with van der Waals surface area (Å²) < 4.78 is 0. The van der Waals surface area contributed by atoms with Gasteiger partial charge in [0.15, 0.2) is 0 Å². The number of hydrogen-bond donors (Lipinski definition) is 2. The van der Waals surface area contributed by atoms with E-state index in [1.165, 1.54) is 19.4 Å². The smallest absolute Gasteiger partial charge is 0.114 e. The Morgan fingerprint density at radius 2 is 2.10 bits per heavy atom. The molecular formula is C17H29N3O. The Bertz CT molecular complexity index is 425. The summed E-state index contributed by atoms with van der Waals surface area (Å²) in [6.45, 7) is 6.33. The van der Waals surface area contributed by atoms with Crippen LogP contribution in [0.4, 0.5) is 0 Å². The zero-order valence-corrected chi connectivity index (χ0v) is 13.3. The number of likely N-dealkylation sites (tertiary alicyclic amines) is 1. The molecular weight excluding hydrogens is 262 g/mol. The summed E-state index contributed by atoms with van der Waals surface area (Å²) in [6, 6.07) is 10.4. The fraction of sp³-hybridized carbons (Fsp3) is 0.647. The number of aliphatic hydroxyl groups is 1. The quantitative estimate of drug-likeness (QED) is 0.794. The topological polar surface area (TPSA) is 52.7 Å². The molecule has 0 saturated carbocycles. The molecule has 1 aromatic carbocycles. The predicted octanol–water partition coefficient (Wildman–Crippen LogP) is 1.25. The average molecular weight is 291 g/mol. The molecule has 0 spiro atoms. The number of rotatable bonds is 7. The molecule has 21 heavy (non-hydrogen) atoms. The van der Waals surface area contributed by atoms with Crippen molar-refractivity contribution in [3.63, 3.8) is 0 Å². The fourth-order valence-electron chi connectivity index (χ4n) is 3.41. The first-order valence-corrected chi connectivity index (χ1v) is 7.99. The van der Waals surface area contributed by atoms with Crippen LogP contribution in [0.3, 0.4) is 0 Å². The molecule has 1 saturated heterocycles.